The normalized spacial score (nSPS) is 12.9. The molecular formula is C14H18N2O. The molecule has 3 nitrogen and oxygen atoms in total. The average Bonchev–Trinajstić information content (AvgIpc) is 2.35. The summed E-state index contributed by atoms with van der Waals surface area (Å²) in [4.78, 5) is 4.29. The van der Waals surface area contributed by atoms with Gasteiger partial charge >= 0.3 is 0 Å². The molecule has 1 aromatic heterocycles. The first-order chi connectivity index (χ1) is 8.16. The zero-order chi connectivity index (χ0) is 12.3. The van der Waals surface area contributed by atoms with Crippen LogP contribution >= 0.6 is 0 Å². The van der Waals surface area contributed by atoms with Crippen molar-refractivity contribution in [3.8, 4) is 5.75 Å². The predicted octanol–water partition coefficient (Wildman–Crippen LogP) is 2.60. The highest BCUT2D eigenvalue weighted by Gasteiger charge is 2.08. The van der Waals surface area contributed by atoms with E-state index in [-0.39, 0.29) is 6.04 Å². The van der Waals surface area contributed by atoms with Gasteiger partial charge in [0.25, 0.3) is 0 Å². The summed E-state index contributed by atoms with van der Waals surface area (Å²) in [6.45, 7) is 4.72. The smallest absolute Gasteiger partial charge is 0.121 e. The Kier molecular flexibility index (Phi) is 3.59. The van der Waals surface area contributed by atoms with Gasteiger partial charge in [0.1, 0.15) is 12.4 Å². The van der Waals surface area contributed by atoms with Crippen molar-refractivity contribution in [3.05, 3.63) is 36.5 Å². The van der Waals surface area contributed by atoms with E-state index in [9.17, 15) is 0 Å². The summed E-state index contributed by atoms with van der Waals surface area (Å²) in [5, 5.41) is 1.12. The summed E-state index contributed by atoms with van der Waals surface area (Å²) in [7, 11) is 0. The number of hydrogen-bond acceptors (Lipinski definition) is 3. The molecule has 0 saturated carbocycles. The minimum absolute atomic E-state index is 0.0643. The van der Waals surface area contributed by atoms with E-state index in [1.807, 2.05) is 30.3 Å². The molecule has 1 atom stereocenters. The number of rotatable bonds is 4. The molecule has 17 heavy (non-hydrogen) atoms. The lowest BCUT2D eigenvalue weighted by atomic mass is 10.1. The Morgan fingerprint density at radius 1 is 1.29 bits per heavy atom. The van der Waals surface area contributed by atoms with Gasteiger partial charge in [-0.3, -0.25) is 4.98 Å². The van der Waals surface area contributed by atoms with Crippen molar-refractivity contribution in [3.63, 3.8) is 0 Å². The quantitative estimate of drug-likeness (QED) is 0.878. The maximum atomic E-state index is 5.94. The fourth-order valence-electron chi connectivity index (χ4n) is 1.52. The van der Waals surface area contributed by atoms with E-state index in [1.54, 1.807) is 6.20 Å². The number of ether oxygens (including phenoxy) is 1. The van der Waals surface area contributed by atoms with Crippen molar-refractivity contribution in [1.82, 2.24) is 4.98 Å². The van der Waals surface area contributed by atoms with Gasteiger partial charge in [0.2, 0.25) is 0 Å². The second-order valence-electron chi connectivity index (χ2n) is 4.58. The van der Waals surface area contributed by atoms with Crippen molar-refractivity contribution < 1.29 is 4.74 Å². The minimum atomic E-state index is 0.0643. The lowest BCUT2D eigenvalue weighted by molar-refractivity contribution is 0.260. The van der Waals surface area contributed by atoms with Crippen LogP contribution in [0.2, 0.25) is 0 Å². The van der Waals surface area contributed by atoms with E-state index in [0.717, 1.165) is 16.7 Å². The number of nitrogens with two attached hydrogens (primary N) is 1. The third kappa shape index (κ3) is 2.94. The third-order valence-electron chi connectivity index (χ3n) is 2.88. The van der Waals surface area contributed by atoms with Crippen molar-refractivity contribution in [2.75, 3.05) is 6.61 Å². The first-order valence-corrected chi connectivity index (χ1v) is 5.90. The molecule has 90 valence electrons. The van der Waals surface area contributed by atoms with E-state index in [1.165, 1.54) is 0 Å². The Morgan fingerprint density at radius 2 is 2.12 bits per heavy atom. The van der Waals surface area contributed by atoms with Crippen LogP contribution in [0.25, 0.3) is 10.9 Å². The summed E-state index contributed by atoms with van der Waals surface area (Å²) in [6, 6.07) is 9.94. The highest BCUT2D eigenvalue weighted by Crippen LogP contribution is 2.19. The molecule has 3 heteroatoms. The van der Waals surface area contributed by atoms with Crippen molar-refractivity contribution in [2.45, 2.75) is 19.9 Å². The highest BCUT2D eigenvalue weighted by molar-refractivity contribution is 5.79. The van der Waals surface area contributed by atoms with Gasteiger partial charge in [-0.2, -0.15) is 0 Å². The Morgan fingerprint density at radius 3 is 2.88 bits per heavy atom. The monoisotopic (exact) mass is 230 g/mol. The van der Waals surface area contributed by atoms with Gasteiger partial charge in [0, 0.05) is 23.7 Å². The van der Waals surface area contributed by atoms with Gasteiger partial charge < -0.3 is 10.5 Å². The summed E-state index contributed by atoms with van der Waals surface area (Å²) in [5.74, 6) is 1.25. The minimum Gasteiger partial charge on any atom is -0.492 e. The summed E-state index contributed by atoms with van der Waals surface area (Å²) in [5.41, 5.74) is 6.88. The summed E-state index contributed by atoms with van der Waals surface area (Å²) in [6.07, 6.45) is 1.78. The van der Waals surface area contributed by atoms with Gasteiger partial charge in [0.15, 0.2) is 0 Å². The van der Waals surface area contributed by atoms with Crippen LogP contribution < -0.4 is 10.5 Å². The molecule has 2 N–H and O–H groups in total. The molecule has 0 aliphatic rings. The second kappa shape index (κ2) is 5.15. The zero-order valence-corrected chi connectivity index (χ0v) is 10.3. The molecule has 0 aliphatic carbocycles. The molecule has 0 aliphatic heterocycles. The van der Waals surface area contributed by atoms with Crippen LogP contribution in [0.4, 0.5) is 0 Å². The van der Waals surface area contributed by atoms with Gasteiger partial charge in [-0.15, -0.1) is 0 Å². The van der Waals surface area contributed by atoms with Gasteiger partial charge in [-0.25, -0.2) is 0 Å². The van der Waals surface area contributed by atoms with Crippen LogP contribution in [-0.4, -0.2) is 17.6 Å². The summed E-state index contributed by atoms with van der Waals surface area (Å²) < 4.78 is 5.67. The Balaban J connectivity index is 2.09. The number of benzene rings is 1. The first kappa shape index (κ1) is 11.9. The van der Waals surface area contributed by atoms with E-state index in [0.29, 0.717) is 12.5 Å². The Hall–Kier alpha value is -1.61. The zero-order valence-electron chi connectivity index (χ0n) is 10.3. The third-order valence-corrected chi connectivity index (χ3v) is 2.88. The van der Waals surface area contributed by atoms with Crippen LogP contribution in [-0.2, 0) is 0 Å². The van der Waals surface area contributed by atoms with Gasteiger partial charge in [-0.05, 0) is 24.1 Å². The van der Waals surface area contributed by atoms with Crippen molar-refractivity contribution in [2.24, 2.45) is 11.7 Å². The molecule has 1 aromatic carbocycles. The molecule has 0 radical (unpaired) electrons. The Bertz CT molecular complexity index is 496. The van der Waals surface area contributed by atoms with E-state index < -0.39 is 0 Å². The van der Waals surface area contributed by atoms with E-state index >= 15 is 0 Å². The fourth-order valence-corrected chi connectivity index (χ4v) is 1.52. The highest BCUT2D eigenvalue weighted by atomic mass is 16.5. The van der Waals surface area contributed by atoms with Crippen LogP contribution in [0.15, 0.2) is 36.5 Å². The maximum absolute atomic E-state index is 5.94. The van der Waals surface area contributed by atoms with E-state index in [2.05, 4.69) is 18.8 Å². The van der Waals surface area contributed by atoms with Gasteiger partial charge in [-0.1, -0.05) is 19.9 Å². The number of nitrogens with zero attached hydrogens (tertiary/aromatic N) is 1. The van der Waals surface area contributed by atoms with Crippen LogP contribution in [0.3, 0.4) is 0 Å². The summed E-state index contributed by atoms with van der Waals surface area (Å²) >= 11 is 0. The molecule has 0 amide bonds. The topological polar surface area (TPSA) is 48.1 Å². The van der Waals surface area contributed by atoms with Crippen LogP contribution in [0, 0.1) is 5.92 Å². The molecule has 2 aromatic rings. The molecule has 0 bridgehead atoms. The van der Waals surface area contributed by atoms with Crippen LogP contribution in [0.5, 0.6) is 5.75 Å². The number of hydrogen-bond donors (Lipinski definition) is 1. The average molecular weight is 230 g/mol. The van der Waals surface area contributed by atoms with Crippen molar-refractivity contribution >= 4 is 10.9 Å². The second-order valence-corrected chi connectivity index (χ2v) is 4.58. The molecule has 2 rings (SSSR count). The van der Waals surface area contributed by atoms with Crippen LogP contribution in [0.1, 0.15) is 13.8 Å². The number of aromatic nitrogens is 1. The molecule has 1 unspecified atom stereocenters. The molecular weight excluding hydrogens is 212 g/mol. The molecule has 0 spiro atoms. The lowest BCUT2D eigenvalue weighted by Crippen LogP contribution is -2.32. The molecule has 0 fully saturated rings. The lowest BCUT2D eigenvalue weighted by Gasteiger charge is -2.16. The number of pyridine rings is 1. The van der Waals surface area contributed by atoms with Crippen molar-refractivity contribution in [1.29, 1.82) is 0 Å². The SMILES string of the molecule is CC(C)C(N)COc1ccc2cccnc2c1. The first-order valence-electron chi connectivity index (χ1n) is 5.90. The molecule has 1 heterocycles. The van der Waals surface area contributed by atoms with Gasteiger partial charge in [0.05, 0.1) is 5.52 Å². The van der Waals surface area contributed by atoms with E-state index in [4.69, 9.17) is 10.5 Å². The largest absolute Gasteiger partial charge is 0.492 e. The molecule has 0 saturated heterocycles. The predicted molar refractivity (Wildman–Crippen MR) is 70.1 cm³/mol. The standard InChI is InChI=1S/C14H18N2O/c1-10(2)13(15)9-17-12-6-5-11-4-3-7-16-14(11)8-12/h3-8,10,13H,9,15H2,1-2H3. The fraction of sp³-hybridized carbons (Fsp3) is 0.357. The Labute approximate surface area is 102 Å². The number of fused-ring (bicyclic) bond motifs is 1. The maximum Gasteiger partial charge on any atom is 0.121 e.